The van der Waals surface area contributed by atoms with Crippen molar-refractivity contribution in [1.82, 2.24) is 20.0 Å². The molecule has 4 rings (SSSR count). The fraction of sp³-hybridized carbons (Fsp3) is 0.136. The first-order valence-electron chi connectivity index (χ1n) is 9.67. The van der Waals surface area contributed by atoms with E-state index >= 15 is 0 Å². The van der Waals surface area contributed by atoms with Crippen LogP contribution in [0, 0.1) is 0 Å². The lowest BCUT2D eigenvalue weighted by molar-refractivity contribution is -0.120. The average molecular weight is 449 g/mol. The van der Waals surface area contributed by atoms with Crippen molar-refractivity contribution in [2.24, 2.45) is 10.1 Å². The SMILES string of the molecule is COc1cccc(-n2c(CC(=O)N/N=C/c3cnccn3)csc2=NCc2ccco2)c1. The zero-order valence-corrected chi connectivity index (χ0v) is 18.0. The molecule has 0 bridgehead atoms. The fourth-order valence-corrected chi connectivity index (χ4v) is 3.80. The van der Waals surface area contributed by atoms with E-state index in [1.807, 2.05) is 46.3 Å². The molecule has 0 unspecified atom stereocenters. The summed E-state index contributed by atoms with van der Waals surface area (Å²) in [5.41, 5.74) is 4.69. The lowest BCUT2D eigenvalue weighted by Gasteiger charge is -2.10. The predicted octanol–water partition coefficient (Wildman–Crippen LogP) is 2.72. The van der Waals surface area contributed by atoms with Crippen LogP contribution in [0.4, 0.5) is 0 Å². The summed E-state index contributed by atoms with van der Waals surface area (Å²) in [4.78, 5) is 26.0. The van der Waals surface area contributed by atoms with Gasteiger partial charge >= 0.3 is 0 Å². The van der Waals surface area contributed by atoms with Crippen molar-refractivity contribution in [2.75, 3.05) is 7.11 Å². The molecule has 32 heavy (non-hydrogen) atoms. The van der Waals surface area contributed by atoms with Gasteiger partial charge in [0.25, 0.3) is 0 Å². The maximum absolute atomic E-state index is 12.5. The van der Waals surface area contributed by atoms with Gasteiger partial charge < -0.3 is 9.15 Å². The zero-order valence-electron chi connectivity index (χ0n) is 17.2. The summed E-state index contributed by atoms with van der Waals surface area (Å²) in [5.74, 6) is 1.20. The molecule has 10 heteroatoms. The van der Waals surface area contributed by atoms with E-state index in [9.17, 15) is 4.79 Å². The van der Waals surface area contributed by atoms with Crippen LogP contribution in [-0.2, 0) is 17.8 Å². The van der Waals surface area contributed by atoms with Gasteiger partial charge in [-0.15, -0.1) is 11.3 Å². The summed E-state index contributed by atoms with van der Waals surface area (Å²) in [6.45, 7) is 0.394. The molecule has 0 saturated heterocycles. The summed E-state index contributed by atoms with van der Waals surface area (Å²) < 4.78 is 12.7. The Bertz CT molecular complexity index is 1260. The molecule has 162 valence electrons. The minimum Gasteiger partial charge on any atom is -0.497 e. The molecule has 1 N–H and O–H groups in total. The van der Waals surface area contributed by atoms with E-state index in [1.165, 1.54) is 17.6 Å². The Morgan fingerprint density at radius 2 is 2.25 bits per heavy atom. The smallest absolute Gasteiger partial charge is 0.246 e. The highest BCUT2D eigenvalue weighted by atomic mass is 32.1. The highest BCUT2D eigenvalue weighted by Gasteiger charge is 2.13. The molecule has 3 aromatic heterocycles. The number of hydrogen-bond donors (Lipinski definition) is 1. The zero-order chi connectivity index (χ0) is 22.2. The Labute approximate surface area is 187 Å². The summed E-state index contributed by atoms with van der Waals surface area (Å²) in [5, 5.41) is 5.86. The molecule has 0 aliphatic carbocycles. The van der Waals surface area contributed by atoms with Crippen LogP contribution < -0.4 is 15.0 Å². The number of rotatable bonds is 8. The lowest BCUT2D eigenvalue weighted by Crippen LogP contribution is -2.23. The number of carbonyl (C=O) groups excluding carboxylic acids is 1. The molecule has 9 nitrogen and oxygen atoms in total. The van der Waals surface area contributed by atoms with Crippen molar-refractivity contribution in [3.63, 3.8) is 0 Å². The molecule has 0 aliphatic rings. The van der Waals surface area contributed by atoms with E-state index in [4.69, 9.17) is 9.15 Å². The first-order valence-corrected chi connectivity index (χ1v) is 10.6. The number of furan rings is 1. The van der Waals surface area contributed by atoms with E-state index in [1.54, 1.807) is 32.0 Å². The second kappa shape index (κ2) is 10.3. The molecule has 0 saturated carbocycles. The monoisotopic (exact) mass is 448 g/mol. The molecule has 3 heterocycles. The highest BCUT2D eigenvalue weighted by Crippen LogP contribution is 2.18. The lowest BCUT2D eigenvalue weighted by atomic mass is 10.2. The van der Waals surface area contributed by atoms with Crippen LogP contribution in [0.5, 0.6) is 5.75 Å². The van der Waals surface area contributed by atoms with Gasteiger partial charge in [0.05, 0.1) is 37.9 Å². The maximum atomic E-state index is 12.5. The third kappa shape index (κ3) is 5.35. The van der Waals surface area contributed by atoms with Gasteiger partial charge in [-0.1, -0.05) is 6.07 Å². The van der Waals surface area contributed by atoms with Gasteiger partial charge in [0.2, 0.25) is 5.91 Å². The van der Waals surface area contributed by atoms with Gasteiger partial charge in [0, 0.05) is 29.5 Å². The second-order valence-corrected chi connectivity index (χ2v) is 7.38. The quantitative estimate of drug-likeness (QED) is 0.329. The number of carbonyl (C=O) groups is 1. The fourth-order valence-electron chi connectivity index (χ4n) is 2.90. The van der Waals surface area contributed by atoms with Gasteiger partial charge in [-0.25, -0.2) is 5.43 Å². The molecular weight excluding hydrogens is 428 g/mol. The van der Waals surface area contributed by atoms with E-state index in [0.29, 0.717) is 18.0 Å². The number of hydrogen-bond acceptors (Lipinski definition) is 8. The number of aromatic nitrogens is 3. The third-order valence-corrected chi connectivity index (χ3v) is 5.26. The number of nitrogens with zero attached hydrogens (tertiary/aromatic N) is 5. The Morgan fingerprint density at radius 1 is 1.31 bits per heavy atom. The molecule has 1 aromatic carbocycles. The summed E-state index contributed by atoms with van der Waals surface area (Å²) in [6.07, 6.45) is 7.85. The van der Waals surface area contributed by atoms with Crippen molar-refractivity contribution in [3.05, 3.63) is 88.6 Å². The van der Waals surface area contributed by atoms with Crippen LogP contribution in [0.15, 0.2) is 81.1 Å². The summed E-state index contributed by atoms with van der Waals surface area (Å²) >= 11 is 1.45. The van der Waals surface area contributed by atoms with E-state index in [-0.39, 0.29) is 12.3 Å². The van der Waals surface area contributed by atoms with Gasteiger partial charge in [0.1, 0.15) is 23.7 Å². The second-order valence-electron chi connectivity index (χ2n) is 6.54. The Kier molecular flexibility index (Phi) is 6.83. The summed E-state index contributed by atoms with van der Waals surface area (Å²) in [7, 11) is 1.61. The third-order valence-electron chi connectivity index (χ3n) is 4.35. The standard InChI is InChI=1S/C22H20N6O3S/c1-30-19-5-2-4-17(10-19)28-18(15-32-22(28)25-14-20-6-3-9-31-20)11-21(29)27-26-13-16-12-23-7-8-24-16/h2-10,12-13,15H,11,14H2,1H3,(H,27,29)/b25-22?,26-13+. The van der Waals surface area contributed by atoms with Gasteiger partial charge in [-0.3, -0.25) is 24.3 Å². The van der Waals surface area contributed by atoms with Gasteiger partial charge in [-0.05, 0) is 24.3 Å². The normalized spacial score (nSPS) is 11.7. The number of methoxy groups -OCH3 is 1. The number of ether oxygens (including phenoxy) is 1. The van der Waals surface area contributed by atoms with Crippen LogP contribution in [0.1, 0.15) is 17.1 Å². The Balaban J connectivity index is 1.58. The predicted molar refractivity (Wildman–Crippen MR) is 120 cm³/mol. The molecule has 0 spiro atoms. The van der Waals surface area contributed by atoms with E-state index < -0.39 is 0 Å². The van der Waals surface area contributed by atoms with Crippen LogP contribution in [0.2, 0.25) is 0 Å². The average Bonchev–Trinajstić information content (AvgIpc) is 3.48. The van der Waals surface area contributed by atoms with Gasteiger partial charge in [0.15, 0.2) is 4.80 Å². The van der Waals surface area contributed by atoms with Crippen LogP contribution in [-0.4, -0.2) is 33.8 Å². The molecule has 0 aliphatic heterocycles. The summed E-state index contributed by atoms with van der Waals surface area (Å²) in [6, 6.07) is 11.3. The van der Waals surface area contributed by atoms with Gasteiger partial charge in [-0.2, -0.15) is 5.10 Å². The van der Waals surface area contributed by atoms with Crippen molar-refractivity contribution in [1.29, 1.82) is 0 Å². The number of hydrazone groups is 1. The van der Waals surface area contributed by atoms with Crippen LogP contribution in [0.25, 0.3) is 5.69 Å². The molecule has 0 fully saturated rings. The Hall–Kier alpha value is -4.05. The first-order chi connectivity index (χ1) is 15.7. The van der Waals surface area contributed by atoms with Crippen molar-refractivity contribution in [3.8, 4) is 11.4 Å². The largest absolute Gasteiger partial charge is 0.497 e. The topological polar surface area (TPSA) is 107 Å². The molecule has 4 aromatic rings. The number of nitrogens with one attached hydrogen (secondary N) is 1. The number of amides is 1. The molecule has 0 radical (unpaired) electrons. The minimum absolute atomic E-state index is 0.113. The molecule has 1 amide bonds. The first kappa shape index (κ1) is 21.2. The van der Waals surface area contributed by atoms with Crippen LogP contribution in [0.3, 0.4) is 0 Å². The molecular formula is C22H20N6O3S. The highest BCUT2D eigenvalue weighted by molar-refractivity contribution is 7.07. The van der Waals surface area contributed by atoms with E-state index in [0.717, 1.165) is 21.9 Å². The van der Waals surface area contributed by atoms with Crippen molar-refractivity contribution >= 4 is 23.5 Å². The van der Waals surface area contributed by atoms with Crippen LogP contribution >= 0.6 is 11.3 Å². The minimum atomic E-state index is -0.267. The van der Waals surface area contributed by atoms with Crippen molar-refractivity contribution < 1.29 is 13.9 Å². The molecule has 0 atom stereocenters. The van der Waals surface area contributed by atoms with Crippen molar-refractivity contribution in [2.45, 2.75) is 13.0 Å². The Morgan fingerprint density at radius 3 is 3.03 bits per heavy atom. The maximum Gasteiger partial charge on any atom is 0.246 e. The number of thiazole rings is 1. The number of benzene rings is 1. The van der Waals surface area contributed by atoms with E-state index in [2.05, 4.69) is 25.5 Å².